The highest BCUT2D eigenvalue weighted by atomic mass is 32.2. The van der Waals surface area contributed by atoms with Crippen molar-refractivity contribution >= 4 is 21.5 Å². The topological polar surface area (TPSA) is 102 Å². The third kappa shape index (κ3) is 3.28. The molecule has 90 valence electrons. The summed E-state index contributed by atoms with van der Waals surface area (Å²) in [7, 11) is -2.59. The van der Waals surface area contributed by atoms with Crippen LogP contribution in [0, 0.1) is 6.92 Å². The molecule has 1 aromatic carbocycles. The molecule has 0 atom stereocenters. The molecule has 1 rings (SSSR count). The zero-order chi connectivity index (χ0) is 12.3. The van der Waals surface area contributed by atoms with Crippen molar-refractivity contribution in [3.05, 3.63) is 17.7 Å². The van der Waals surface area contributed by atoms with Gasteiger partial charge in [-0.25, -0.2) is 0 Å². The monoisotopic (exact) mass is 246 g/mol. The van der Waals surface area contributed by atoms with Gasteiger partial charge in [0.15, 0.2) is 0 Å². The Balaban J connectivity index is 2.96. The van der Waals surface area contributed by atoms with Gasteiger partial charge in [0.25, 0.3) is 10.1 Å². The van der Waals surface area contributed by atoms with E-state index in [9.17, 15) is 8.42 Å². The first kappa shape index (κ1) is 12.6. The number of nitrogens with two attached hydrogens (primary N) is 1. The highest BCUT2D eigenvalue weighted by Gasteiger charge is 2.08. The van der Waals surface area contributed by atoms with Gasteiger partial charge in [-0.15, -0.1) is 0 Å². The van der Waals surface area contributed by atoms with Crippen molar-refractivity contribution in [2.45, 2.75) is 6.92 Å². The van der Waals surface area contributed by atoms with Gasteiger partial charge in [-0.05, 0) is 18.6 Å². The van der Waals surface area contributed by atoms with Crippen LogP contribution in [0.5, 0.6) is 5.75 Å². The Kier molecular flexibility index (Phi) is 3.61. The van der Waals surface area contributed by atoms with Gasteiger partial charge >= 0.3 is 0 Å². The van der Waals surface area contributed by atoms with Crippen LogP contribution in [-0.2, 0) is 10.1 Å². The van der Waals surface area contributed by atoms with Crippen molar-refractivity contribution in [3.63, 3.8) is 0 Å². The van der Waals surface area contributed by atoms with Gasteiger partial charge in [0.2, 0.25) is 0 Å². The minimum Gasteiger partial charge on any atom is -0.495 e. The van der Waals surface area contributed by atoms with Crippen molar-refractivity contribution < 1.29 is 17.7 Å². The van der Waals surface area contributed by atoms with Crippen molar-refractivity contribution in [3.8, 4) is 5.75 Å². The fourth-order valence-corrected chi connectivity index (χ4v) is 1.58. The third-order valence-corrected chi connectivity index (χ3v) is 2.53. The fourth-order valence-electron chi connectivity index (χ4n) is 1.25. The van der Waals surface area contributed by atoms with Gasteiger partial charge in [-0.3, -0.25) is 4.55 Å². The summed E-state index contributed by atoms with van der Waals surface area (Å²) in [5.41, 5.74) is 7.44. The summed E-state index contributed by atoms with van der Waals surface area (Å²) in [6, 6.07) is 3.24. The molecule has 0 amide bonds. The number of nitrogens with one attached hydrogen (secondary N) is 1. The molecule has 0 spiro atoms. The second kappa shape index (κ2) is 4.58. The predicted molar refractivity (Wildman–Crippen MR) is 62.2 cm³/mol. The second-order valence-electron chi connectivity index (χ2n) is 3.31. The van der Waals surface area contributed by atoms with E-state index >= 15 is 0 Å². The average molecular weight is 246 g/mol. The number of hydrogen-bond acceptors (Lipinski definition) is 5. The maximum Gasteiger partial charge on any atom is 0.283 e. The number of ether oxygens (including phenoxy) is 1. The van der Waals surface area contributed by atoms with Crippen LogP contribution in [0.3, 0.4) is 0 Å². The molecule has 0 unspecified atom stereocenters. The minimum atomic E-state index is -4.05. The Morgan fingerprint density at radius 3 is 2.62 bits per heavy atom. The molecule has 0 aliphatic heterocycles. The first-order chi connectivity index (χ1) is 7.33. The minimum absolute atomic E-state index is 0.448. The van der Waals surface area contributed by atoms with Crippen molar-refractivity contribution in [1.82, 2.24) is 0 Å². The molecule has 0 aromatic heterocycles. The van der Waals surface area contributed by atoms with Crippen LogP contribution >= 0.6 is 0 Å². The SMILES string of the molecule is COc1cc(NCS(=O)(=O)O)c(C)cc1N. The van der Waals surface area contributed by atoms with Crippen LogP contribution in [0.25, 0.3) is 0 Å². The van der Waals surface area contributed by atoms with Crippen LogP contribution in [-0.4, -0.2) is 26.0 Å². The number of aryl methyl sites for hydroxylation is 1. The highest BCUT2D eigenvalue weighted by molar-refractivity contribution is 7.85. The van der Waals surface area contributed by atoms with Crippen LogP contribution in [0.15, 0.2) is 12.1 Å². The zero-order valence-corrected chi connectivity index (χ0v) is 9.84. The fraction of sp³-hybridized carbons (Fsp3) is 0.333. The molecular formula is C9H14N2O4S. The predicted octanol–water partition coefficient (Wildman–Crippen LogP) is 0.843. The molecule has 1 aromatic rings. The summed E-state index contributed by atoms with van der Waals surface area (Å²) in [4.78, 5) is 0. The van der Waals surface area contributed by atoms with Crippen LogP contribution in [0.1, 0.15) is 5.56 Å². The maximum absolute atomic E-state index is 10.6. The number of hydrogen-bond donors (Lipinski definition) is 3. The van der Waals surface area contributed by atoms with Gasteiger partial charge in [0.05, 0.1) is 12.8 Å². The number of nitrogen functional groups attached to an aromatic ring is 1. The molecule has 6 nitrogen and oxygen atoms in total. The quantitative estimate of drug-likeness (QED) is 0.537. The lowest BCUT2D eigenvalue weighted by Gasteiger charge is -2.12. The average Bonchev–Trinajstić information content (AvgIpc) is 2.15. The van der Waals surface area contributed by atoms with E-state index < -0.39 is 16.0 Å². The molecule has 0 bridgehead atoms. The van der Waals surface area contributed by atoms with Crippen LogP contribution < -0.4 is 15.8 Å². The summed E-state index contributed by atoms with van der Waals surface area (Å²) >= 11 is 0. The van der Waals surface area contributed by atoms with E-state index in [1.807, 2.05) is 0 Å². The Hall–Kier alpha value is -1.47. The molecule has 0 aliphatic rings. The molecule has 7 heteroatoms. The molecule has 16 heavy (non-hydrogen) atoms. The Labute approximate surface area is 94.2 Å². The Morgan fingerprint density at radius 1 is 1.50 bits per heavy atom. The molecule has 0 saturated heterocycles. The van der Waals surface area contributed by atoms with E-state index in [2.05, 4.69) is 5.32 Å². The van der Waals surface area contributed by atoms with Gasteiger partial charge in [-0.2, -0.15) is 8.42 Å². The number of rotatable bonds is 4. The first-order valence-corrected chi connectivity index (χ1v) is 6.07. The number of anilines is 2. The molecule has 0 aliphatic carbocycles. The summed E-state index contributed by atoms with van der Waals surface area (Å²) in [5.74, 6) is -0.107. The van der Waals surface area contributed by atoms with Crippen molar-refractivity contribution in [2.75, 3.05) is 24.0 Å². The molecular weight excluding hydrogens is 232 g/mol. The molecule has 4 N–H and O–H groups in total. The molecule has 0 radical (unpaired) electrons. The lowest BCUT2D eigenvalue weighted by atomic mass is 10.1. The third-order valence-electron chi connectivity index (χ3n) is 2.02. The summed E-state index contributed by atoms with van der Waals surface area (Å²) in [6.45, 7) is 1.77. The smallest absolute Gasteiger partial charge is 0.283 e. The van der Waals surface area contributed by atoms with E-state index in [4.69, 9.17) is 15.0 Å². The van der Waals surface area contributed by atoms with E-state index in [0.717, 1.165) is 5.56 Å². The molecule has 0 saturated carbocycles. The van der Waals surface area contributed by atoms with Gasteiger partial charge < -0.3 is 15.8 Å². The van der Waals surface area contributed by atoms with Crippen molar-refractivity contribution in [2.24, 2.45) is 0 Å². The summed E-state index contributed by atoms with van der Waals surface area (Å²) in [5, 5.41) is 2.58. The number of methoxy groups -OCH3 is 1. The van der Waals surface area contributed by atoms with Gasteiger partial charge in [0.1, 0.15) is 11.6 Å². The normalized spacial score (nSPS) is 11.2. The molecule has 0 heterocycles. The van der Waals surface area contributed by atoms with Crippen LogP contribution in [0.4, 0.5) is 11.4 Å². The van der Waals surface area contributed by atoms with Crippen molar-refractivity contribution in [1.29, 1.82) is 0 Å². The zero-order valence-electron chi connectivity index (χ0n) is 9.02. The molecule has 0 fully saturated rings. The van der Waals surface area contributed by atoms with Gasteiger partial charge in [-0.1, -0.05) is 0 Å². The highest BCUT2D eigenvalue weighted by Crippen LogP contribution is 2.28. The first-order valence-electron chi connectivity index (χ1n) is 4.46. The van der Waals surface area contributed by atoms with E-state index in [0.29, 0.717) is 17.1 Å². The number of benzene rings is 1. The van der Waals surface area contributed by atoms with E-state index in [1.54, 1.807) is 19.1 Å². The van der Waals surface area contributed by atoms with E-state index in [1.165, 1.54) is 7.11 Å². The van der Waals surface area contributed by atoms with Gasteiger partial charge in [0, 0.05) is 11.8 Å². The van der Waals surface area contributed by atoms with E-state index in [-0.39, 0.29) is 0 Å². The summed E-state index contributed by atoms with van der Waals surface area (Å²) < 4.78 is 34.7. The Morgan fingerprint density at radius 2 is 2.12 bits per heavy atom. The largest absolute Gasteiger partial charge is 0.495 e. The lowest BCUT2D eigenvalue weighted by Crippen LogP contribution is -2.13. The standard InChI is InChI=1S/C9H14N2O4S/c1-6-3-7(10)9(15-2)4-8(6)11-5-16(12,13)14/h3-4,11H,5,10H2,1-2H3,(H,12,13,14). The lowest BCUT2D eigenvalue weighted by molar-refractivity contribution is 0.417. The van der Waals surface area contributed by atoms with Crippen LogP contribution in [0.2, 0.25) is 0 Å². The Bertz CT molecular complexity index is 485. The summed E-state index contributed by atoms with van der Waals surface area (Å²) in [6.07, 6.45) is 0. The second-order valence-corrected chi connectivity index (χ2v) is 4.76. The maximum atomic E-state index is 10.6.